The van der Waals surface area contributed by atoms with E-state index in [2.05, 4.69) is 4.90 Å². The lowest BCUT2D eigenvalue weighted by Crippen LogP contribution is -2.49. The number of nitrogens with zero attached hydrogens (tertiary/aromatic N) is 2. The van der Waals surface area contributed by atoms with E-state index in [4.69, 9.17) is 0 Å². The van der Waals surface area contributed by atoms with Gasteiger partial charge in [-0.2, -0.15) is 0 Å². The van der Waals surface area contributed by atoms with Crippen LogP contribution in [0.5, 0.6) is 0 Å². The third kappa shape index (κ3) is 2.02. The summed E-state index contributed by atoms with van der Waals surface area (Å²) in [5.74, 6) is 0. The Morgan fingerprint density at radius 3 is 2.15 bits per heavy atom. The molecule has 1 aliphatic heterocycles. The second kappa shape index (κ2) is 4.09. The van der Waals surface area contributed by atoms with Crippen LogP contribution in [0.1, 0.15) is 25.7 Å². The lowest BCUT2D eigenvalue weighted by molar-refractivity contribution is -0.120. The summed E-state index contributed by atoms with van der Waals surface area (Å²) in [6, 6.07) is 0.828. The van der Waals surface area contributed by atoms with Gasteiger partial charge in [0.25, 0.3) is 0 Å². The van der Waals surface area contributed by atoms with E-state index in [1.807, 2.05) is 4.90 Å². The molecule has 0 aromatic rings. The maximum atomic E-state index is 10.5. The van der Waals surface area contributed by atoms with E-state index < -0.39 is 0 Å². The van der Waals surface area contributed by atoms with Gasteiger partial charge in [0.2, 0.25) is 6.41 Å². The van der Waals surface area contributed by atoms with Gasteiger partial charge in [-0.25, -0.2) is 0 Å². The summed E-state index contributed by atoms with van der Waals surface area (Å²) in [5.41, 5.74) is 0. The Morgan fingerprint density at radius 2 is 1.62 bits per heavy atom. The standard InChI is InChI=1S/C10H18N2O/c13-9-11-5-7-12(8-6-11)10-3-1-2-4-10/h9-10H,1-8H2. The van der Waals surface area contributed by atoms with Crippen molar-refractivity contribution in [2.45, 2.75) is 31.7 Å². The van der Waals surface area contributed by atoms with Crippen molar-refractivity contribution < 1.29 is 4.79 Å². The molecular formula is C10H18N2O. The van der Waals surface area contributed by atoms with Crippen molar-refractivity contribution in [3.8, 4) is 0 Å². The Morgan fingerprint density at radius 1 is 1.00 bits per heavy atom. The molecule has 0 atom stereocenters. The van der Waals surface area contributed by atoms with E-state index in [9.17, 15) is 4.79 Å². The average molecular weight is 182 g/mol. The van der Waals surface area contributed by atoms with Crippen LogP contribution >= 0.6 is 0 Å². The Bertz CT molecular complexity index is 170. The molecule has 0 aromatic heterocycles. The molecular weight excluding hydrogens is 164 g/mol. The summed E-state index contributed by atoms with van der Waals surface area (Å²) < 4.78 is 0. The van der Waals surface area contributed by atoms with Gasteiger partial charge in [-0.1, -0.05) is 12.8 Å². The average Bonchev–Trinajstić information content (AvgIpc) is 2.71. The second-order valence-corrected chi connectivity index (χ2v) is 4.12. The monoisotopic (exact) mass is 182 g/mol. The van der Waals surface area contributed by atoms with Crippen LogP contribution in [0.4, 0.5) is 0 Å². The molecule has 3 heteroatoms. The fourth-order valence-corrected chi connectivity index (χ4v) is 2.48. The molecule has 3 nitrogen and oxygen atoms in total. The van der Waals surface area contributed by atoms with Gasteiger partial charge in [0.05, 0.1) is 0 Å². The molecule has 1 saturated heterocycles. The van der Waals surface area contributed by atoms with Gasteiger partial charge in [-0.15, -0.1) is 0 Å². The molecule has 2 rings (SSSR count). The van der Waals surface area contributed by atoms with Gasteiger partial charge in [0.1, 0.15) is 0 Å². The van der Waals surface area contributed by atoms with E-state index in [1.54, 1.807) is 0 Å². The number of amides is 1. The minimum Gasteiger partial charge on any atom is -0.343 e. The number of hydrogen-bond donors (Lipinski definition) is 0. The highest BCUT2D eigenvalue weighted by molar-refractivity contribution is 5.47. The molecule has 1 amide bonds. The summed E-state index contributed by atoms with van der Waals surface area (Å²) in [7, 11) is 0. The summed E-state index contributed by atoms with van der Waals surface area (Å²) in [4.78, 5) is 14.9. The predicted octanol–water partition coefficient (Wildman–Crippen LogP) is 0.703. The molecule has 2 aliphatic rings. The van der Waals surface area contributed by atoms with Gasteiger partial charge in [0.15, 0.2) is 0 Å². The van der Waals surface area contributed by atoms with E-state index in [-0.39, 0.29) is 0 Å². The van der Waals surface area contributed by atoms with Crippen molar-refractivity contribution in [3.63, 3.8) is 0 Å². The highest BCUT2D eigenvalue weighted by Gasteiger charge is 2.25. The van der Waals surface area contributed by atoms with E-state index >= 15 is 0 Å². The van der Waals surface area contributed by atoms with Gasteiger partial charge in [-0.05, 0) is 12.8 Å². The van der Waals surface area contributed by atoms with Crippen molar-refractivity contribution in [1.29, 1.82) is 0 Å². The lowest BCUT2D eigenvalue weighted by Gasteiger charge is -2.36. The van der Waals surface area contributed by atoms with Gasteiger partial charge < -0.3 is 4.90 Å². The Hall–Kier alpha value is -0.570. The fraction of sp³-hybridized carbons (Fsp3) is 0.900. The van der Waals surface area contributed by atoms with Crippen molar-refractivity contribution >= 4 is 6.41 Å². The highest BCUT2D eigenvalue weighted by Crippen LogP contribution is 2.23. The molecule has 13 heavy (non-hydrogen) atoms. The maximum Gasteiger partial charge on any atom is 0.209 e. The number of carbonyl (C=O) groups excluding carboxylic acids is 1. The molecule has 1 saturated carbocycles. The molecule has 1 heterocycles. The van der Waals surface area contributed by atoms with E-state index in [0.29, 0.717) is 0 Å². The molecule has 0 bridgehead atoms. The summed E-state index contributed by atoms with van der Waals surface area (Å²) in [6.45, 7) is 4.03. The second-order valence-electron chi connectivity index (χ2n) is 4.12. The predicted molar refractivity (Wildman–Crippen MR) is 51.5 cm³/mol. The largest absolute Gasteiger partial charge is 0.343 e. The minimum atomic E-state index is 0.828. The van der Waals surface area contributed by atoms with E-state index in [1.165, 1.54) is 25.7 Å². The smallest absolute Gasteiger partial charge is 0.209 e. The molecule has 0 radical (unpaired) electrons. The zero-order valence-corrected chi connectivity index (χ0v) is 8.11. The maximum absolute atomic E-state index is 10.5. The Kier molecular flexibility index (Phi) is 2.83. The Labute approximate surface area is 79.7 Å². The zero-order chi connectivity index (χ0) is 9.10. The van der Waals surface area contributed by atoms with Crippen LogP contribution < -0.4 is 0 Å². The molecule has 0 aromatic carbocycles. The molecule has 0 spiro atoms. The normalized spacial score (nSPS) is 26.6. The van der Waals surface area contributed by atoms with Crippen LogP contribution in [0, 0.1) is 0 Å². The molecule has 74 valence electrons. The van der Waals surface area contributed by atoms with Gasteiger partial charge >= 0.3 is 0 Å². The van der Waals surface area contributed by atoms with Crippen LogP contribution in [0.15, 0.2) is 0 Å². The van der Waals surface area contributed by atoms with Crippen LogP contribution in [0.25, 0.3) is 0 Å². The first-order valence-corrected chi connectivity index (χ1v) is 5.33. The van der Waals surface area contributed by atoms with Gasteiger partial charge in [-0.3, -0.25) is 9.69 Å². The minimum absolute atomic E-state index is 0.828. The van der Waals surface area contributed by atoms with Crippen LogP contribution in [-0.2, 0) is 4.79 Å². The first-order chi connectivity index (χ1) is 6.40. The van der Waals surface area contributed by atoms with Crippen LogP contribution in [-0.4, -0.2) is 48.4 Å². The number of carbonyl (C=O) groups is 1. The summed E-state index contributed by atoms with van der Waals surface area (Å²) in [5, 5.41) is 0. The molecule has 0 unspecified atom stereocenters. The number of piperazine rings is 1. The first kappa shape index (κ1) is 9.00. The topological polar surface area (TPSA) is 23.6 Å². The zero-order valence-electron chi connectivity index (χ0n) is 8.11. The number of hydrogen-bond acceptors (Lipinski definition) is 2. The molecule has 1 aliphatic carbocycles. The van der Waals surface area contributed by atoms with Crippen molar-refractivity contribution in [2.75, 3.05) is 26.2 Å². The van der Waals surface area contributed by atoms with Crippen molar-refractivity contribution in [2.24, 2.45) is 0 Å². The third-order valence-corrected chi connectivity index (χ3v) is 3.34. The van der Waals surface area contributed by atoms with Crippen molar-refractivity contribution in [1.82, 2.24) is 9.80 Å². The highest BCUT2D eigenvalue weighted by atomic mass is 16.1. The summed E-state index contributed by atoms with van der Waals surface area (Å²) >= 11 is 0. The SMILES string of the molecule is O=CN1CCN(C2CCCC2)CC1. The van der Waals surface area contributed by atoms with Crippen LogP contribution in [0.3, 0.4) is 0 Å². The Balaban J connectivity index is 1.79. The van der Waals surface area contributed by atoms with E-state index in [0.717, 1.165) is 38.6 Å². The van der Waals surface area contributed by atoms with Gasteiger partial charge in [0, 0.05) is 32.2 Å². The van der Waals surface area contributed by atoms with Crippen LogP contribution in [0.2, 0.25) is 0 Å². The van der Waals surface area contributed by atoms with Crippen molar-refractivity contribution in [3.05, 3.63) is 0 Å². The third-order valence-electron chi connectivity index (χ3n) is 3.34. The molecule has 0 N–H and O–H groups in total. The number of rotatable bonds is 2. The fourth-order valence-electron chi connectivity index (χ4n) is 2.48. The summed E-state index contributed by atoms with van der Waals surface area (Å²) in [6.07, 6.45) is 6.53. The lowest BCUT2D eigenvalue weighted by atomic mass is 10.2. The molecule has 2 fully saturated rings. The first-order valence-electron chi connectivity index (χ1n) is 5.33. The quantitative estimate of drug-likeness (QED) is 0.587.